The van der Waals surface area contributed by atoms with E-state index in [1.165, 1.54) is 14.2 Å². The molecule has 0 aliphatic carbocycles. The Labute approximate surface area is 60.8 Å². The van der Waals surface area contributed by atoms with E-state index < -0.39 is 5.72 Å². The van der Waals surface area contributed by atoms with Crippen molar-refractivity contribution in [3.05, 3.63) is 10.1 Å². The summed E-state index contributed by atoms with van der Waals surface area (Å²) in [5.74, 6) is 0. The number of hydrogen-bond donors (Lipinski definition) is 0. The quantitative estimate of drug-likeness (QED) is 0.252. The predicted octanol–water partition coefficient (Wildman–Crippen LogP) is 1.09. The maximum Gasteiger partial charge on any atom is 0.368 e. The van der Waals surface area contributed by atoms with Gasteiger partial charge in [-0.1, -0.05) is 0 Å². The molecule has 0 rings (SSSR count). The maximum absolute atomic E-state index is 10.9. The zero-order valence-electron chi connectivity index (χ0n) is 6.71. The fourth-order valence-corrected chi connectivity index (χ4v) is 0.294. The summed E-state index contributed by atoms with van der Waals surface area (Å²) in [5, 5.41) is 11.4. The lowest BCUT2D eigenvalue weighted by Gasteiger charge is -2.28. The number of hydroxylamine groups is 2. The van der Waals surface area contributed by atoms with Crippen LogP contribution in [-0.2, 0) is 4.74 Å². The van der Waals surface area contributed by atoms with Gasteiger partial charge in [0.25, 0.3) is 0 Å². The molecule has 0 fully saturated rings. The van der Waals surface area contributed by atoms with Crippen LogP contribution >= 0.6 is 0 Å². The van der Waals surface area contributed by atoms with Crippen LogP contribution < -0.4 is 0 Å². The summed E-state index contributed by atoms with van der Waals surface area (Å²) in [5.41, 5.74) is -0.875. The highest BCUT2D eigenvalue weighted by Crippen LogP contribution is 2.11. The van der Waals surface area contributed by atoms with Crippen LogP contribution in [0.1, 0.15) is 13.8 Å². The molecular weight excluding hydrogens is 132 g/mol. The van der Waals surface area contributed by atoms with E-state index in [2.05, 4.69) is 11.0 Å². The van der Waals surface area contributed by atoms with Crippen LogP contribution in [0.4, 0.5) is 0 Å². The minimum Gasteiger partial charge on any atom is -0.643 e. The smallest absolute Gasteiger partial charge is 0.368 e. The Balaban J connectivity index is 4.12. The lowest BCUT2D eigenvalue weighted by Crippen LogP contribution is -2.38. The molecule has 0 N–H and O–H groups in total. The van der Waals surface area contributed by atoms with Gasteiger partial charge < -0.3 is 9.94 Å². The van der Waals surface area contributed by atoms with Crippen molar-refractivity contribution in [1.29, 1.82) is 0 Å². The molecular formula is C6H12N2O2. The number of hydrogen-bond acceptors (Lipinski definition) is 3. The Kier molecular flexibility index (Phi) is 3.13. The molecule has 4 nitrogen and oxygen atoms in total. The van der Waals surface area contributed by atoms with Gasteiger partial charge >= 0.3 is 6.19 Å². The van der Waals surface area contributed by atoms with Crippen molar-refractivity contribution in [2.45, 2.75) is 19.6 Å². The minimum absolute atomic E-state index is 0.535. The highest BCUT2D eigenvalue weighted by atomic mass is 16.6. The molecule has 0 aromatic heterocycles. The third-order valence-electron chi connectivity index (χ3n) is 1.18. The van der Waals surface area contributed by atoms with Crippen LogP contribution in [0.25, 0.3) is 4.85 Å². The van der Waals surface area contributed by atoms with Gasteiger partial charge in [0, 0.05) is 21.0 Å². The Bertz CT molecular complexity index is 157. The molecule has 0 bridgehead atoms. The highest BCUT2D eigenvalue weighted by molar-refractivity contribution is 4.90. The lowest BCUT2D eigenvalue weighted by molar-refractivity contribution is -0.0584. The third-order valence-corrected chi connectivity index (χ3v) is 1.18. The summed E-state index contributed by atoms with van der Waals surface area (Å²) < 4.78 is 4.84. The number of ether oxygens (including phenoxy) is 1. The third kappa shape index (κ3) is 2.21. The van der Waals surface area contributed by atoms with Crippen molar-refractivity contribution < 1.29 is 4.74 Å². The van der Waals surface area contributed by atoms with Crippen LogP contribution in [-0.4, -0.2) is 24.9 Å². The molecule has 0 radical (unpaired) electrons. The Morgan fingerprint density at radius 3 is 2.40 bits per heavy atom. The van der Waals surface area contributed by atoms with Gasteiger partial charge in [-0.05, 0) is 0 Å². The molecule has 0 aliphatic heterocycles. The summed E-state index contributed by atoms with van der Waals surface area (Å²) in [7, 11) is 2.94. The van der Waals surface area contributed by atoms with E-state index in [1.807, 2.05) is 0 Å². The van der Waals surface area contributed by atoms with Gasteiger partial charge in [-0.2, -0.15) is 0 Å². The molecule has 0 saturated carbocycles. The summed E-state index contributed by atoms with van der Waals surface area (Å²) in [6, 6.07) is 0. The molecule has 0 unspecified atom stereocenters. The van der Waals surface area contributed by atoms with Crippen molar-refractivity contribution >= 4 is 0 Å². The van der Waals surface area contributed by atoms with Crippen LogP contribution in [0, 0.1) is 11.4 Å². The minimum atomic E-state index is -0.875. The summed E-state index contributed by atoms with van der Waals surface area (Å²) in [6.45, 7) is 3.27. The van der Waals surface area contributed by atoms with Crippen LogP contribution in [0.3, 0.4) is 0 Å². The molecule has 0 aliphatic rings. The normalized spacial score (nSPS) is 10.1. The molecule has 0 spiro atoms. The van der Waals surface area contributed by atoms with E-state index in [0.29, 0.717) is 5.06 Å². The Morgan fingerprint density at radius 1 is 1.60 bits per heavy atom. The maximum atomic E-state index is 10.9. The molecule has 0 atom stereocenters. The van der Waals surface area contributed by atoms with Crippen molar-refractivity contribution in [3.63, 3.8) is 0 Å². The van der Waals surface area contributed by atoms with E-state index in [1.54, 1.807) is 13.8 Å². The van der Waals surface area contributed by atoms with E-state index in [9.17, 15) is 5.21 Å². The molecule has 0 saturated heterocycles. The highest BCUT2D eigenvalue weighted by Gasteiger charge is 2.24. The van der Waals surface area contributed by atoms with Gasteiger partial charge in [0.15, 0.2) is 7.05 Å². The summed E-state index contributed by atoms with van der Waals surface area (Å²) in [4.78, 5) is 3.43. The zero-order valence-corrected chi connectivity index (χ0v) is 6.71. The molecule has 0 aromatic rings. The SMILES string of the molecule is C[N+]#CN([O-])C(C)(C)OC. The van der Waals surface area contributed by atoms with E-state index in [4.69, 9.17) is 4.74 Å². The van der Waals surface area contributed by atoms with Crippen molar-refractivity contribution in [3.8, 4) is 6.19 Å². The standard InChI is InChI=1S/C6H12N2O2/c1-6(2,10-4)8(9)5-7-3/h1-4H3. The largest absolute Gasteiger partial charge is 0.643 e. The Morgan fingerprint density at radius 2 is 2.10 bits per heavy atom. The second-order valence-electron chi connectivity index (χ2n) is 2.27. The van der Waals surface area contributed by atoms with Crippen LogP contribution in [0.5, 0.6) is 0 Å². The van der Waals surface area contributed by atoms with Gasteiger partial charge in [0.2, 0.25) is 5.72 Å². The fraction of sp³-hybridized carbons (Fsp3) is 0.833. The number of nitrogens with zero attached hydrogens (tertiary/aromatic N) is 2. The molecule has 58 valence electrons. The summed E-state index contributed by atoms with van der Waals surface area (Å²) >= 11 is 0. The van der Waals surface area contributed by atoms with Gasteiger partial charge in [-0.25, -0.2) is 9.91 Å². The average molecular weight is 144 g/mol. The van der Waals surface area contributed by atoms with Crippen LogP contribution in [0.2, 0.25) is 0 Å². The van der Waals surface area contributed by atoms with Gasteiger partial charge in [0.05, 0.1) is 0 Å². The topological polar surface area (TPSA) is 39.9 Å². The first-order valence-corrected chi connectivity index (χ1v) is 2.91. The number of methoxy groups -OCH3 is 1. The summed E-state index contributed by atoms with van der Waals surface area (Å²) in [6.07, 6.45) is 2.21. The monoisotopic (exact) mass is 144 g/mol. The van der Waals surface area contributed by atoms with Crippen LogP contribution in [0.15, 0.2) is 0 Å². The molecule has 4 heteroatoms. The fourth-order valence-electron chi connectivity index (χ4n) is 0.294. The Hall–Kier alpha value is -0.790. The van der Waals surface area contributed by atoms with Crippen molar-refractivity contribution in [2.24, 2.45) is 0 Å². The number of rotatable bonds is 2. The van der Waals surface area contributed by atoms with E-state index in [-0.39, 0.29) is 0 Å². The average Bonchev–Trinajstić information content (AvgIpc) is 1.89. The van der Waals surface area contributed by atoms with Crippen molar-refractivity contribution in [2.75, 3.05) is 14.2 Å². The lowest BCUT2D eigenvalue weighted by atomic mass is 10.3. The second kappa shape index (κ2) is 3.40. The van der Waals surface area contributed by atoms with E-state index >= 15 is 0 Å². The molecule has 0 amide bonds. The first-order valence-electron chi connectivity index (χ1n) is 2.91. The molecule has 0 aromatic carbocycles. The van der Waals surface area contributed by atoms with Gasteiger partial charge in [-0.3, -0.25) is 0 Å². The zero-order chi connectivity index (χ0) is 8.20. The molecule has 10 heavy (non-hydrogen) atoms. The predicted molar refractivity (Wildman–Crippen MR) is 39.5 cm³/mol. The van der Waals surface area contributed by atoms with Crippen molar-refractivity contribution in [1.82, 2.24) is 5.06 Å². The van der Waals surface area contributed by atoms with E-state index in [0.717, 1.165) is 0 Å². The van der Waals surface area contributed by atoms with Gasteiger partial charge in [0.1, 0.15) is 0 Å². The van der Waals surface area contributed by atoms with Gasteiger partial charge in [-0.15, -0.1) is 0 Å². The first-order chi connectivity index (χ1) is 4.54. The first kappa shape index (κ1) is 9.21. The second-order valence-corrected chi connectivity index (χ2v) is 2.27. The molecule has 0 heterocycles.